The van der Waals surface area contributed by atoms with Gasteiger partial charge in [0.25, 0.3) is 0 Å². The van der Waals surface area contributed by atoms with Crippen molar-refractivity contribution in [1.82, 2.24) is 15.0 Å². The Labute approximate surface area is 144 Å². The van der Waals surface area contributed by atoms with Crippen LogP contribution < -0.4 is 0 Å². The molecule has 1 aromatic heterocycles. The van der Waals surface area contributed by atoms with Gasteiger partial charge < -0.3 is 29.9 Å². The molecule has 4 atom stereocenters. The molecule has 3 rings (SSSR count). The molecular formula is C16H21N3O6. The van der Waals surface area contributed by atoms with Crippen LogP contribution in [0.3, 0.4) is 0 Å². The molecule has 1 fully saturated rings. The number of aromatic nitrogens is 3. The summed E-state index contributed by atoms with van der Waals surface area (Å²) in [5.41, 5.74) is 2.29. The molecule has 25 heavy (non-hydrogen) atoms. The van der Waals surface area contributed by atoms with E-state index in [0.29, 0.717) is 12.3 Å². The first-order valence-electron chi connectivity index (χ1n) is 7.91. The van der Waals surface area contributed by atoms with Gasteiger partial charge in [0.2, 0.25) is 0 Å². The molecule has 2 aromatic rings. The van der Waals surface area contributed by atoms with Crippen LogP contribution in [0, 0.1) is 0 Å². The van der Waals surface area contributed by atoms with E-state index < -0.39 is 24.5 Å². The first-order valence-corrected chi connectivity index (χ1v) is 7.91. The molecule has 136 valence electrons. The summed E-state index contributed by atoms with van der Waals surface area (Å²) in [5.74, 6) is 0. The number of nitrogens with zero attached hydrogens (tertiary/aromatic N) is 3. The van der Waals surface area contributed by atoms with Gasteiger partial charge in [-0.1, -0.05) is 29.5 Å². The van der Waals surface area contributed by atoms with Crippen molar-refractivity contribution in [2.45, 2.75) is 44.4 Å². The van der Waals surface area contributed by atoms with E-state index >= 15 is 0 Å². The van der Waals surface area contributed by atoms with Gasteiger partial charge in [-0.3, -0.25) is 0 Å². The highest BCUT2D eigenvalue weighted by atomic mass is 16.5. The predicted octanol–water partition coefficient (Wildman–Crippen LogP) is -0.901. The van der Waals surface area contributed by atoms with Crippen molar-refractivity contribution < 1.29 is 29.9 Å². The SMILES string of the molecule is OCc1cccc(COCc2cn(C3OCC(O)C(O)C3O)nn2)c1. The summed E-state index contributed by atoms with van der Waals surface area (Å²) in [6.45, 7) is 0.438. The van der Waals surface area contributed by atoms with Crippen LogP contribution in [0.2, 0.25) is 0 Å². The van der Waals surface area contributed by atoms with E-state index in [1.54, 1.807) is 6.20 Å². The molecule has 9 nitrogen and oxygen atoms in total. The highest BCUT2D eigenvalue weighted by molar-refractivity contribution is 5.22. The van der Waals surface area contributed by atoms with Crippen molar-refractivity contribution in [3.8, 4) is 0 Å². The lowest BCUT2D eigenvalue weighted by molar-refractivity contribution is -0.214. The Morgan fingerprint density at radius 3 is 2.76 bits per heavy atom. The standard InChI is InChI=1S/C16H21N3O6/c20-6-10-2-1-3-11(4-10)7-24-8-12-5-19(18-17-12)16-15(23)14(22)13(21)9-25-16/h1-5,13-16,20-23H,6-9H2. The Morgan fingerprint density at radius 1 is 1.16 bits per heavy atom. The quantitative estimate of drug-likeness (QED) is 0.527. The summed E-state index contributed by atoms with van der Waals surface area (Å²) >= 11 is 0. The molecule has 1 aliphatic rings. The van der Waals surface area contributed by atoms with Crippen LogP contribution in [0.5, 0.6) is 0 Å². The highest BCUT2D eigenvalue weighted by Crippen LogP contribution is 2.23. The molecule has 0 radical (unpaired) electrons. The predicted molar refractivity (Wildman–Crippen MR) is 83.9 cm³/mol. The minimum absolute atomic E-state index is 0.0214. The van der Waals surface area contributed by atoms with Gasteiger partial charge in [-0.05, 0) is 11.1 Å². The minimum Gasteiger partial charge on any atom is -0.392 e. The second-order valence-corrected chi connectivity index (χ2v) is 5.93. The fraction of sp³-hybridized carbons (Fsp3) is 0.500. The molecule has 0 spiro atoms. The molecule has 4 unspecified atom stereocenters. The van der Waals surface area contributed by atoms with E-state index in [1.165, 1.54) is 4.68 Å². The van der Waals surface area contributed by atoms with E-state index in [1.807, 2.05) is 24.3 Å². The number of benzene rings is 1. The van der Waals surface area contributed by atoms with E-state index in [0.717, 1.165) is 11.1 Å². The zero-order chi connectivity index (χ0) is 17.8. The molecule has 0 amide bonds. The van der Waals surface area contributed by atoms with Gasteiger partial charge in [0.15, 0.2) is 6.23 Å². The zero-order valence-corrected chi connectivity index (χ0v) is 13.5. The van der Waals surface area contributed by atoms with E-state index in [4.69, 9.17) is 14.6 Å². The number of aliphatic hydroxyl groups excluding tert-OH is 4. The third-order valence-electron chi connectivity index (χ3n) is 3.99. The van der Waals surface area contributed by atoms with Gasteiger partial charge >= 0.3 is 0 Å². The van der Waals surface area contributed by atoms with Crippen LogP contribution in [0.15, 0.2) is 30.5 Å². The van der Waals surface area contributed by atoms with Crippen molar-refractivity contribution in [1.29, 1.82) is 0 Å². The van der Waals surface area contributed by atoms with Gasteiger partial charge in [0.1, 0.15) is 24.0 Å². The Bertz CT molecular complexity index is 694. The summed E-state index contributed by atoms with van der Waals surface area (Å²) in [6, 6.07) is 7.43. The van der Waals surface area contributed by atoms with Crippen LogP contribution in [-0.2, 0) is 29.3 Å². The third kappa shape index (κ3) is 4.21. The normalized spacial score (nSPS) is 26.7. The molecule has 1 aliphatic heterocycles. The first kappa shape index (κ1) is 17.9. The Morgan fingerprint density at radius 2 is 1.96 bits per heavy atom. The monoisotopic (exact) mass is 351 g/mol. The summed E-state index contributed by atoms with van der Waals surface area (Å²) < 4.78 is 12.2. The molecular weight excluding hydrogens is 330 g/mol. The van der Waals surface area contributed by atoms with Gasteiger partial charge in [-0.2, -0.15) is 0 Å². The molecule has 0 saturated carbocycles. The number of hydrogen-bond acceptors (Lipinski definition) is 8. The van der Waals surface area contributed by atoms with Crippen LogP contribution in [-0.4, -0.2) is 60.3 Å². The molecule has 0 bridgehead atoms. The highest BCUT2D eigenvalue weighted by Gasteiger charge is 2.39. The smallest absolute Gasteiger partial charge is 0.180 e. The molecule has 1 saturated heterocycles. The average molecular weight is 351 g/mol. The lowest BCUT2D eigenvalue weighted by atomic mass is 10.0. The van der Waals surface area contributed by atoms with Crippen molar-refractivity contribution in [2.75, 3.05) is 6.61 Å². The summed E-state index contributed by atoms with van der Waals surface area (Å²) in [4.78, 5) is 0. The maximum absolute atomic E-state index is 9.97. The van der Waals surface area contributed by atoms with E-state index in [2.05, 4.69) is 10.3 Å². The van der Waals surface area contributed by atoms with Crippen LogP contribution in [0.1, 0.15) is 23.0 Å². The van der Waals surface area contributed by atoms with Crippen LogP contribution in [0.4, 0.5) is 0 Å². The molecule has 4 N–H and O–H groups in total. The summed E-state index contributed by atoms with van der Waals surface area (Å²) in [7, 11) is 0. The lowest BCUT2D eigenvalue weighted by Crippen LogP contribution is -2.50. The Hall–Kier alpha value is -1.88. The summed E-state index contributed by atoms with van der Waals surface area (Å²) in [6.07, 6.45) is -3.10. The first-order chi connectivity index (χ1) is 12.1. The maximum Gasteiger partial charge on any atom is 0.180 e. The van der Waals surface area contributed by atoms with Gasteiger partial charge in [0.05, 0.1) is 32.6 Å². The topological polar surface area (TPSA) is 130 Å². The van der Waals surface area contributed by atoms with Gasteiger partial charge in [-0.15, -0.1) is 5.10 Å². The molecule has 2 heterocycles. The molecule has 1 aromatic carbocycles. The van der Waals surface area contributed by atoms with E-state index in [-0.39, 0.29) is 19.8 Å². The molecule has 9 heteroatoms. The number of ether oxygens (including phenoxy) is 2. The summed E-state index contributed by atoms with van der Waals surface area (Å²) in [5, 5.41) is 46.1. The van der Waals surface area contributed by atoms with Crippen LogP contribution in [0.25, 0.3) is 0 Å². The number of rotatable bonds is 6. The van der Waals surface area contributed by atoms with Gasteiger partial charge in [0, 0.05) is 0 Å². The average Bonchev–Trinajstić information content (AvgIpc) is 3.08. The van der Waals surface area contributed by atoms with E-state index in [9.17, 15) is 15.3 Å². The number of aliphatic hydroxyl groups is 4. The third-order valence-corrected chi connectivity index (χ3v) is 3.99. The lowest BCUT2D eigenvalue weighted by Gasteiger charge is -2.34. The second kappa shape index (κ2) is 8.00. The van der Waals surface area contributed by atoms with Crippen molar-refractivity contribution in [3.63, 3.8) is 0 Å². The fourth-order valence-corrected chi connectivity index (χ4v) is 2.62. The van der Waals surface area contributed by atoms with Gasteiger partial charge in [-0.25, -0.2) is 4.68 Å². The molecule has 0 aliphatic carbocycles. The van der Waals surface area contributed by atoms with Crippen molar-refractivity contribution in [3.05, 3.63) is 47.3 Å². The number of hydrogen-bond donors (Lipinski definition) is 4. The maximum atomic E-state index is 9.97. The zero-order valence-electron chi connectivity index (χ0n) is 13.5. The largest absolute Gasteiger partial charge is 0.392 e. The minimum atomic E-state index is -1.31. The fourth-order valence-electron chi connectivity index (χ4n) is 2.62. The Kier molecular flexibility index (Phi) is 5.74. The Balaban J connectivity index is 1.55. The second-order valence-electron chi connectivity index (χ2n) is 5.93. The van der Waals surface area contributed by atoms with Crippen molar-refractivity contribution in [2.24, 2.45) is 0 Å². The van der Waals surface area contributed by atoms with Crippen molar-refractivity contribution >= 4 is 0 Å². The van der Waals surface area contributed by atoms with Crippen LogP contribution >= 0.6 is 0 Å².